The molecule has 0 saturated carbocycles. The summed E-state index contributed by atoms with van der Waals surface area (Å²) in [4.78, 5) is 36.0. The zero-order valence-electron chi connectivity index (χ0n) is 22.3. The molecule has 4 atom stereocenters. The van der Waals surface area contributed by atoms with Crippen molar-refractivity contribution in [2.45, 2.75) is 31.0 Å². The van der Waals surface area contributed by atoms with Crippen molar-refractivity contribution in [1.82, 2.24) is 20.2 Å². The number of aromatic nitrogens is 2. The molecule has 0 spiro atoms. The molecule has 42 heavy (non-hydrogen) atoms. The minimum absolute atomic E-state index is 0.0147. The van der Waals surface area contributed by atoms with E-state index in [1.165, 1.54) is 6.07 Å². The van der Waals surface area contributed by atoms with Crippen LogP contribution in [0.5, 0.6) is 5.75 Å². The highest BCUT2D eigenvalue weighted by Gasteiger charge is 2.46. The maximum Gasteiger partial charge on any atom is 0.325 e. The van der Waals surface area contributed by atoms with Crippen LogP contribution in [-0.4, -0.2) is 56.3 Å². The molecule has 3 aromatic carbocycles. The van der Waals surface area contributed by atoms with Gasteiger partial charge in [-0.25, -0.2) is 14.2 Å². The average Bonchev–Trinajstić information content (AvgIpc) is 3.51. The molecule has 9 nitrogen and oxygen atoms in total. The number of hydrogen-bond donors (Lipinski definition) is 4. The normalized spacial score (nSPS) is 17.2. The number of nitrogens with zero attached hydrogens (tertiary/aromatic N) is 2. The summed E-state index contributed by atoms with van der Waals surface area (Å²) in [6.07, 6.45) is -1.02. The Bertz CT molecular complexity index is 1590. The molecule has 0 radical (unpaired) electrons. The summed E-state index contributed by atoms with van der Waals surface area (Å²) in [5.41, 5.74) is 1.84. The smallest absolute Gasteiger partial charge is 0.325 e. The Balaban J connectivity index is 1.49. The van der Waals surface area contributed by atoms with E-state index >= 15 is 0 Å². The first-order valence-corrected chi connectivity index (χ1v) is 14.5. The Kier molecular flexibility index (Phi) is 9.11. The first-order chi connectivity index (χ1) is 20.2. The van der Waals surface area contributed by atoms with Gasteiger partial charge in [-0.3, -0.25) is 9.69 Å². The lowest BCUT2D eigenvalue weighted by molar-refractivity contribution is -0.129. The second kappa shape index (κ2) is 12.8. The highest BCUT2D eigenvalue weighted by molar-refractivity contribution is 14.1. The van der Waals surface area contributed by atoms with Crippen molar-refractivity contribution in [3.8, 4) is 17.0 Å². The van der Waals surface area contributed by atoms with E-state index in [9.17, 15) is 19.1 Å². The number of aliphatic hydroxyl groups excluding tert-OH is 2. The molecule has 1 aliphatic heterocycles. The molecule has 5 rings (SSSR count). The zero-order chi connectivity index (χ0) is 30.0. The second-order valence-electron chi connectivity index (χ2n) is 9.86. The summed E-state index contributed by atoms with van der Waals surface area (Å²) in [7, 11) is 0. The third-order valence-electron chi connectivity index (χ3n) is 7.07. The van der Waals surface area contributed by atoms with Crippen molar-refractivity contribution < 1.29 is 28.9 Å². The minimum Gasteiger partial charge on any atom is -0.491 e. The van der Waals surface area contributed by atoms with Crippen LogP contribution < -0.4 is 10.1 Å². The van der Waals surface area contributed by atoms with Gasteiger partial charge in [-0.2, -0.15) is 0 Å². The number of carbonyl (C=O) groups is 2. The molecule has 1 aliphatic rings. The predicted octanol–water partition coefficient (Wildman–Crippen LogP) is 5.34. The van der Waals surface area contributed by atoms with Crippen LogP contribution in [0.3, 0.4) is 0 Å². The number of urea groups is 1. The van der Waals surface area contributed by atoms with Crippen molar-refractivity contribution in [1.29, 1.82) is 0 Å². The highest BCUT2D eigenvalue weighted by atomic mass is 127. The van der Waals surface area contributed by atoms with Gasteiger partial charge >= 0.3 is 6.03 Å². The Labute approximate surface area is 259 Å². The van der Waals surface area contributed by atoms with Crippen LogP contribution in [0.25, 0.3) is 11.3 Å². The van der Waals surface area contributed by atoms with Gasteiger partial charge in [-0.15, -0.1) is 0 Å². The number of imidazole rings is 1. The molecule has 0 aliphatic carbocycles. The van der Waals surface area contributed by atoms with Gasteiger partial charge in [-0.05, 0) is 64.0 Å². The van der Waals surface area contributed by atoms with Gasteiger partial charge in [0.25, 0.3) is 5.91 Å². The molecular weight excluding hydrogens is 678 g/mol. The molecule has 1 aromatic heterocycles. The van der Waals surface area contributed by atoms with Crippen molar-refractivity contribution in [3.63, 3.8) is 0 Å². The van der Waals surface area contributed by atoms with Crippen LogP contribution in [0, 0.1) is 9.39 Å². The zero-order valence-corrected chi connectivity index (χ0v) is 25.2. The summed E-state index contributed by atoms with van der Waals surface area (Å²) < 4.78 is 21.0. The van der Waals surface area contributed by atoms with Crippen molar-refractivity contribution in [3.05, 3.63) is 104 Å². The van der Waals surface area contributed by atoms with Crippen LogP contribution in [0.2, 0.25) is 5.15 Å². The topological polar surface area (TPSA) is 128 Å². The van der Waals surface area contributed by atoms with E-state index < -0.39 is 48.5 Å². The lowest BCUT2D eigenvalue weighted by Gasteiger charge is -2.29. The van der Waals surface area contributed by atoms with Gasteiger partial charge in [0, 0.05) is 15.1 Å². The molecule has 0 bridgehead atoms. The van der Waals surface area contributed by atoms with Gasteiger partial charge in [-0.1, -0.05) is 61.0 Å². The SMILES string of the molecule is C[C@@H](c1ccccc1)[C@@H](c1nc(Cl)c(-c2ccc(I)cc2F)[nH]1)N1C(=O)N[C@H](c2ccc(OC[C@@H](O)CO)cc2)C1=O. The van der Waals surface area contributed by atoms with Crippen molar-refractivity contribution in [2.24, 2.45) is 0 Å². The monoisotopic (exact) mass is 704 g/mol. The van der Waals surface area contributed by atoms with E-state index in [-0.39, 0.29) is 28.8 Å². The molecular formula is C30H27ClFIN4O5. The molecule has 12 heteroatoms. The lowest BCUT2D eigenvalue weighted by atomic mass is 9.91. The molecule has 218 valence electrons. The van der Waals surface area contributed by atoms with Gasteiger partial charge in [0.05, 0.1) is 12.3 Å². The fourth-order valence-electron chi connectivity index (χ4n) is 4.89. The fourth-order valence-corrected chi connectivity index (χ4v) is 5.58. The number of hydrogen-bond acceptors (Lipinski definition) is 6. The molecule has 4 N–H and O–H groups in total. The second-order valence-corrected chi connectivity index (χ2v) is 11.5. The number of H-pyrrole nitrogens is 1. The van der Waals surface area contributed by atoms with Crippen molar-refractivity contribution >= 4 is 46.1 Å². The number of halogens is 3. The van der Waals surface area contributed by atoms with E-state index in [0.717, 1.165) is 10.5 Å². The maximum atomic E-state index is 14.9. The van der Waals surface area contributed by atoms with Gasteiger partial charge in [0.2, 0.25) is 0 Å². The summed E-state index contributed by atoms with van der Waals surface area (Å²) in [5, 5.41) is 21.3. The molecule has 1 fully saturated rings. The van der Waals surface area contributed by atoms with Crippen molar-refractivity contribution in [2.75, 3.05) is 13.2 Å². The number of aromatic amines is 1. The molecule has 2 heterocycles. The molecule has 1 saturated heterocycles. The van der Waals surface area contributed by atoms with Gasteiger partial charge in [0.1, 0.15) is 42.2 Å². The van der Waals surface area contributed by atoms with E-state index in [2.05, 4.69) is 15.3 Å². The van der Waals surface area contributed by atoms with Crippen LogP contribution in [0.1, 0.15) is 41.9 Å². The number of rotatable bonds is 10. The number of amides is 3. The Morgan fingerprint density at radius 3 is 2.50 bits per heavy atom. The summed E-state index contributed by atoms with van der Waals surface area (Å²) in [6.45, 7) is 1.35. The van der Waals surface area contributed by atoms with Gasteiger partial charge in [0.15, 0.2) is 5.15 Å². The predicted molar refractivity (Wildman–Crippen MR) is 162 cm³/mol. The van der Waals surface area contributed by atoms with Gasteiger partial charge < -0.3 is 25.3 Å². The minimum atomic E-state index is -1.02. The number of nitrogens with one attached hydrogen (secondary N) is 2. The number of carbonyl (C=O) groups excluding carboxylic acids is 2. The van der Waals surface area contributed by atoms with Crippen LogP contribution in [-0.2, 0) is 4.79 Å². The summed E-state index contributed by atoms with van der Waals surface area (Å²) in [5.74, 6) is -0.729. The Morgan fingerprint density at radius 1 is 1.12 bits per heavy atom. The Morgan fingerprint density at radius 2 is 1.83 bits per heavy atom. The van der Waals surface area contributed by atoms with Crippen LogP contribution in [0.4, 0.5) is 9.18 Å². The average molecular weight is 705 g/mol. The number of ether oxygens (including phenoxy) is 1. The number of imide groups is 1. The number of aliphatic hydroxyl groups is 2. The van der Waals surface area contributed by atoms with E-state index in [4.69, 9.17) is 21.4 Å². The maximum absolute atomic E-state index is 14.9. The first-order valence-electron chi connectivity index (χ1n) is 13.1. The molecule has 3 amide bonds. The number of benzene rings is 3. The van der Waals surface area contributed by atoms with E-state index in [1.807, 2.05) is 59.8 Å². The lowest BCUT2D eigenvalue weighted by Crippen LogP contribution is -2.38. The van der Waals surface area contributed by atoms with E-state index in [0.29, 0.717) is 14.9 Å². The van der Waals surface area contributed by atoms with Crippen LogP contribution in [0.15, 0.2) is 72.8 Å². The largest absolute Gasteiger partial charge is 0.491 e. The van der Waals surface area contributed by atoms with Crippen LogP contribution >= 0.6 is 34.2 Å². The summed E-state index contributed by atoms with van der Waals surface area (Å²) in [6, 6.07) is 18.1. The fraction of sp³-hybridized carbons (Fsp3) is 0.233. The van der Waals surface area contributed by atoms with E-state index in [1.54, 1.807) is 36.4 Å². The molecule has 0 unspecified atom stereocenters. The quantitative estimate of drug-likeness (QED) is 0.130. The highest BCUT2D eigenvalue weighted by Crippen LogP contribution is 2.41. The third-order valence-corrected chi connectivity index (χ3v) is 8.02. The standard InChI is InChI=1S/C30H27ClFIN4O5/c1-16(17-5-3-2-4-6-17)26(28-34-25(27(31)36-28)22-12-9-19(33)13-23(22)32)37-29(40)24(35-30(37)41)18-7-10-21(11-8-18)42-15-20(39)14-38/h2-13,16,20,24,26,38-39H,14-15H2,1H3,(H,34,36)(H,35,41)/t16-,20-,24+,26-/m0/s1. The summed E-state index contributed by atoms with van der Waals surface area (Å²) >= 11 is 8.52. The first kappa shape index (κ1) is 30.0. The third kappa shape index (κ3) is 6.14. The Hall–Kier alpha value is -3.52. The molecule has 4 aromatic rings.